The second-order valence-electron chi connectivity index (χ2n) is 11.1. The lowest BCUT2D eigenvalue weighted by Crippen LogP contribution is -2.39. The summed E-state index contributed by atoms with van der Waals surface area (Å²) in [4.78, 5) is 31.2. The summed E-state index contributed by atoms with van der Waals surface area (Å²) in [5.74, 6) is 1.77. The third kappa shape index (κ3) is 6.17. The van der Waals surface area contributed by atoms with Gasteiger partial charge in [-0.3, -0.25) is 9.59 Å². The number of H-pyrrole nitrogens is 1. The summed E-state index contributed by atoms with van der Waals surface area (Å²) in [6, 6.07) is 6.79. The van der Waals surface area contributed by atoms with Gasteiger partial charge in [0.15, 0.2) is 0 Å². The van der Waals surface area contributed by atoms with Gasteiger partial charge in [-0.05, 0) is 106 Å². The molecule has 2 aromatic rings. The zero-order chi connectivity index (χ0) is 25.9. The van der Waals surface area contributed by atoms with E-state index in [4.69, 9.17) is 0 Å². The predicted octanol–water partition coefficient (Wildman–Crippen LogP) is 6.39. The van der Waals surface area contributed by atoms with Crippen LogP contribution in [0.1, 0.15) is 105 Å². The molecule has 0 atom stereocenters. The van der Waals surface area contributed by atoms with E-state index in [0.29, 0.717) is 23.1 Å². The number of aromatic amines is 1. The van der Waals surface area contributed by atoms with E-state index in [9.17, 15) is 9.59 Å². The van der Waals surface area contributed by atoms with Gasteiger partial charge in [0.05, 0.1) is 0 Å². The molecule has 1 aromatic heterocycles. The molecule has 0 aliphatic heterocycles. The molecule has 0 unspecified atom stereocenters. The number of nitrogens with one attached hydrogen (secondary N) is 2. The lowest BCUT2D eigenvalue weighted by atomic mass is 9.79. The number of carbonyl (C=O) groups excluding carboxylic acids is 1. The maximum Gasteiger partial charge on any atom is 0.253 e. The Morgan fingerprint density at radius 2 is 1.71 bits per heavy atom. The summed E-state index contributed by atoms with van der Waals surface area (Å²) >= 11 is 0. The number of pyridine rings is 1. The molecule has 5 nitrogen and oxygen atoms in total. The van der Waals surface area contributed by atoms with E-state index in [2.05, 4.69) is 62.8 Å². The average molecular weight is 480 g/mol. The maximum absolute atomic E-state index is 13.4. The highest BCUT2D eigenvalue weighted by molar-refractivity contribution is 5.97. The van der Waals surface area contributed by atoms with Crippen LogP contribution in [-0.2, 0) is 6.54 Å². The Bertz CT molecular complexity index is 1090. The molecule has 0 radical (unpaired) electrons. The first-order chi connectivity index (χ1) is 16.5. The van der Waals surface area contributed by atoms with Gasteiger partial charge in [-0.1, -0.05) is 27.7 Å². The van der Waals surface area contributed by atoms with Crippen molar-refractivity contribution in [2.45, 2.75) is 99.6 Å². The molecule has 3 rings (SSSR count). The van der Waals surface area contributed by atoms with E-state index in [1.54, 1.807) is 0 Å². The molecular weight excluding hydrogens is 434 g/mol. The van der Waals surface area contributed by atoms with Gasteiger partial charge >= 0.3 is 0 Å². The summed E-state index contributed by atoms with van der Waals surface area (Å²) < 4.78 is 0. The molecule has 192 valence electrons. The topological polar surface area (TPSA) is 65.2 Å². The molecule has 1 aliphatic carbocycles. The van der Waals surface area contributed by atoms with E-state index in [0.717, 1.165) is 35.2 Å². The van der Waals surface area contributed by atoms with Crippen LogP contribution >= 0.6 is 0 Å². The standard InChI is InChI=1S/C30H45N3O2/c1-9-33(25-12-10-23(11-13-25)18(2)3)28-16-24(19(4)5)15-26(22(28)8)29(34)31-17-27-20(6)14-21(7)32-30(27)35/h14-16,18-19,23,25H,9-13,17H2,1-8H3,(H,31,34)(H,32,35). The van der Waals surface area contributed by atoms with Gasteiger partial charge in [0.2, 0.25) is 0 Å². The highest BCUT2D eigenvalue weighted by Gasteiger charge is 2.29. The van der Waals surface area contributed by atoms with E-state index >= 15 is 0 Å². The normalized spacial score (nSPS) is 18.2. The summed E-state index contributed by atoms with van der Waals surface area (Å²) in [6.45, 7) is 18.3. The first-order valence-corrected chi connectivity index (χ1v) is 13.4. The zero-order valence-electron chi connectivity index (χ0n) is 23.0. The number of hydrogen-bond acceptors (Lipinski definition) is 3. The summed E-state index contributed by atoms with van der Waals surface area (Å²) in [5.41, 5.74) is 6.29. The molecular formula is C30H45N3O2. The number of rotatable bonds is 8. The number of hydrogen-bond donors (Lipinski definition) is 2. The lowest BCUT2D eigenvalue weighted by Gasteiger charge is -2.40. The number of nitrogens with zero attached hydrogens (tertiary/aromatic N) is 1. The molecule has 2 N–H and O–H groups in total. The number of aryl methyl sites for hydroxylation is 2. The Labute approximate surface area is 211 Å². The van der Waals surface area contributed by atoms with Crippen LogP contribution in [0.3, 0.4) is 0 Å². The van der Waals surface area contributed by atoms with Crippen LogP contribution in [0, 0.1) is 32.6 Å². The third-order valence-electron chi connectivity index (χ3n) is 8.01. The Morgan fingerprint density at radius 1 is 1.06 bits per heavy atom. The molecule has 0 bridgehead atoms. The number of benzene rings is 1. The molecule has 1 amide bonds. The van der Waals surface area contributed by atoms with Crippen LogP contribution in [-0.4, -0.2) is 23.5 Å². The molecule has 1 aromatic carbocycles. The number of aromatic nitrogens is 1. The van der Waals surface area contributed by atoms with Crippen molar-refractivity contribution >= 4 is 11.6 Å². The van der Waals surface area contributed by atoms with Crippen molar-refractivity contribution in [1.29, 1.82) is 0 Å². The number of anilines is 1. The molecule has 0 spiro atoms. The van der Waals surface area contributed by atoms with Crippen molar-refractivity contribution in [3.8, 4) is 0 Å². The van der Waals surface area contributed by atoms with E-state index in [1.165, 1.54) is 36.9 Å². The maximum atomic E-state index is 13.4. The van der Waals surface area contributed by atoms with Gasteiger partial charge < -0.3 is 15.2 Å². The Kier molecular flexibility index (Phi) is 8.84. The summed E-state index contributed by atoms with van der Waals surface area (Å²) in [5, 5.41) is 3.03. The fourth-order valence-corrected chi connectivity index (χ4v) is 5.66. The zero-order valence-corrected chi connectivity index (χ0v) is 23.0. The van der Waals surface area contributed by atoms with Gasteiger partial charge in [-0.25, -0.2) is 0 Å². The average Bonchev–Trinajstić information content (AvgIpc) is 2.79. The highest BCUT2D eigenvalue weighted by Crippen LogP contribution is 2.37. The van der Waals surface area contributed by atoms with Gasteiger partial charge in [0.25, 0.3) is 11.5 Å². The molecule has 1 aliphatic rings. The molecule has 5 heteroatoms. The quantitative estimate of drug-likeness (QED) is 0.461. The fraction of sp³-hybridized carbons (Fsp3) is 0.600. The SMILES string of the molecule is CCN(c1cc(C(C)C)cc(C(=O)NCc2c(C)cc(C)[nH]c2=O)c1C)C1CCC(C(C)C)CC1. The van der Waals surface area contributed by atoms with Crippen molar-refractivity contribution in [3.05, 3.63) is 62.1 Å². The lowest BCUT2D eigenvalue weighted by molar-refractivity contribution is 0.0950. The van der Waals surface area contributed by atoms with Gasteiger partial charge in [-0.15, -0.1) is 0 Å². The first kappa shape index (κ1) is 27.0. The Balaban J connectivity index is 1.89. The third-order valence-corrected chi connectivity index (χ3v) is 8.01. The molecule has 1 saturated carbocycles. The Hall–Kier alpha value is -2.56. The predicted molar refractivity (Wildman–Crippen MR) is 147 cm³/mol. The van der Waals surface area contributed by atoms with Crippen LogP contribution in [0.5, 0.6) is 0 Å². The molecule has 0 saturated heterocycles. The van der Waals surface area contributed by atoms with Crippen LogP contribution in [0.15, 0.2) is 23.0 Å². The minimum atomic E-state index is -0.134. The minimum absolute atomic E-state index is 0.120. The summed E-state index contributed by atoms with van der Waals surface area (Å²) in [7, 11) is 0. The van der Waals surface area contributed by atoms with Crippen LogP contribution in [0.2, 0.25) is 0 Å². The van der Waals surface area contributed by atoms with Gasteiger partial charge in [-0.2, -0.15) is 0 Å². The molecule has 1 heterocycles. The summed E-state index contributed by atoms with van der Waals surface area (Å²) in [6.07, 6.45) is 4.97. The molecule has 35 heavy (non-hydrogen) atoms. The fourth-order valence-electron chi connectivity index (χ4n) is 5.66. The van der Waals surface area contributed by atoms with Gasteiger partial charge in [0, 0.05) is 41.6 Å². The van der Waals surface area contributed by atoms with E-state index < -0.39 is 0 Å². The monoisotopic (exact) mass is 479 g/mol. The minimum Gasteiger partial charge on any atom is -0.369 e. The molecule has 1 fully saturated rings. The second kappa shape index (κ2) is 11.5. The van der Waals surface area contributed by atoms with Crippen molar-refractivity contribution in [2.75, 3.05) is 11.4 Å². The van der Waals surface area contributed by atoms with E-state index in [1.807, 2.05) is 26.0 Å². The Morgan fingerprint density at radius 3 is 2.26 bits per heavy atom. The van der Waals surface area contributed by atoms with Crippen LogP contribution in [0.25, 0.3) is 0 Å². The highest BCUT2D eigenvalue weighted by atomic mass is 16.1. The first-order valence-electron chi connectivity index (χ1n) is 13.4. The van der Waals surface area contributed by atoms with Crippen molar-refractivity contribution < 1.29 is 4.79 Å². The van der Waals surface area contributed by atoms with Crippen LogP contribution < -0.4 is 15.8 Å². The van der Waals surface area contributed by atoms with Crippen LogP contribution in [0.4, 0.5) is 5.69 Å². The largest absolute Gasteiger partial charge is 0.369 e. The smallest absolute Gasteiger partial charge is 0.253 e. The van der Waals surface area contributed by atoms with Gasteiger partial charge in [0.1, 0.15) is 0 Å². The van der Waals surface area contributed by atoms with Crippen molar-refractivity contribution in [1.82, 2.24) is 10.3 Å². The number of carbonyl (C=O) groups is 1. The van der Waals surface area contributed by atoms with Crippen molar-refractivity contribution in [2.24, 2.45) is 11.8 Å². The second-order valence-corrected chi connectivity index (χ2v) is 11.1. The number of amides is 1. The van der Waals surface area contributed by atoms with E-state index in [-0.39, 0.29) is 18.0 Å². The van der Waals surface area contributed by atoms with Crippen molar-refractivity contribution in [3.63, 3.8) is 0 Å².